The molecule has 1 aliphatic rings. The number of benzene rings is 1. The van der Waals surface area contributed by atoms with Crippen molar-refractivity contribution in [2.75, 3.05) is 5.73 Å². The summed E-state index contributed by atoms with van der Waals surface area (Å²) in [7, 11) is 0. The summed E-state index contributed by atoms with van der Waals surface area (Å²) in [4.78, 5) is 30.5. The van der Waals surface area contributed by atoms with E-state index in [0.29, 0.717) is 16.1 Å². The molecule has 0 aliphatic heterocycles. The predicted octanol–water partition coefficient (Wildman–Crippen LogP) is 3.11. The van der Waals surface area contributed by atoms with E-state index in [1.807, 2.05) is 25.1 Å². The molecule has 1 aromatic carbocycles. The Labute approximate surface area is 176 Å². The first kappa shape index (κ1) is 18.6. The highest BCUT2D eigenvalue weighted by atomic mass is 35.5. The highest BCUT2D eigenvalue weighted by Crippen LogP contribution is 2.37. The molecule has 3 N–H and O–H groups in total. The van der Waals surface area contributed by atoms with E-state index >= 15 is 0 Å². The lowest BCUT2D eigenvalue weighted by atomic mass is 10.1. The molecule has 8 nitrogen and oxygen atoms in total. The minimum atomic E-state index is -0.438. The second kappa shape index (κ2) is 6.84. The van der Waals surface area contributed by atoms with Crippen LogP contribution in [-0.2, 0) is 0 Å². The third-order valence-electron chi connectivity index (χ3n) is 5.41. The third kappa shape index (κ3) is 2.91. The molecular formula is C21H19ClN6O2. The normalized spacial score (nSPS) is 14.9. The molecule has 5 rings (SSSR count). The van der Waals surface area contributed by atoms with Gasteiger partial charge in [0.05, 0.1) is 16.5 Å². The van der Waals surface area contributed by atoms with E-state index in [1.165, 1.54) is 4.52 Å². The lowest BCUT2D eigenvalue weighted by Crippen LogP contribution is -2.32. The molecule has 1 aliphatic carbocycles. The van der Waals surface area contributed by atoms with Crippen molar-refractivity contribution in [3.8, 4) is 0 Å². The summed E-state index contributed by atoms with van der Waals surface area (Å²) in [6, 6.07) is 8.69. The molecule has 3 heterocycles. The van der Waals surface area contributed by atoms with Gasteiger partial charge in [-0.25, -0.2) is 9.50 Å². The van der Waals surface area contributed by atoms with Gasteiger partial charge in [0.1, 0.15) is 5.56 Å². The summed E-state index contributed by atoms with van der Waals surface area (Å²) >= 11 is 6.30. The fourth-order valence-electron chi connectivity index (χ4n) is 3.86. The molecule has 4 aromatic rings. The van der Waals surface area contributed by atoms with E-state index < -0.39 is 11.9 Å². The number of nitrogen functional groups attached to an aromatic ring is 1. The molecule has 1 fully saturated rings. The molecular weight excluding hydrogens is 404 g/mol. The maximum absolute atomic E-state index is 13.2. The summed E-state index contributed by atoms with van der Waals surface area (Å²) in [5.74, 6) is -0.294. The average Bonchev–Trinajstić information content (AvgIpc) is 3.48. The lowest BCUT2D eigenvalue weighted by molar-refractivity contribution is 0.0940. The first-order valence-electron chi connectivity index (χ1n) is 9.69. The number of carbonyl (C=O) groups is 1. The van der Waals surface area contributed by atoms with Crippen LogP contribution < -0.4 is 16.6 Å². The van der Waals surface area contributed by atoms with Gasteiger partial charge in [-0.15, -0.1) is 5.10 Å². The van der Waals surface area contributed by atoms with Gasteiger partial charge in [0, 0.05) is 24.1 Å². The third-order valence-corrected chi connectivity index (χ3v) is 5.73. The molecule has 152 valence electrons. The zero-order valence-electron chi connectivity index (χ0n) is 16.2. The number of halogens is 1. The number of amides is 1. The van der Waals surface area contributed by atoms with Crippen LogP contribution >= 0.6 is 11.6 Å². The first-order valence-corrected chi connectivity index (χ1v) is 10.1. The van der Waals surface area contributed by atoms with Crippen LogP contribution in [0.3, 0.4) is 0 Å². The molecule has 9 heteroatoms. The molecule has 1 atom stereocenters. The van der Waals surface area contributed by atoms with Gasteiger partial charge in [0.15, 0.2) is 11.5 Å². The molecule has 0 spiro atoms. The Balaban J connectivity index is 1.57. The number of rotatable bonds is 4. The molecule has 1 amide bonds. The van der Waals surface area contributed by atoms with E-state index in [-0.39, 0.29) is 23.0 Å². The van der Waals surface area contributed by atoms with Gasteiger partial charge in [-0.1, -0.05) is 23.7 Å². The summed E-state index contributed by atoms with van der Waals surface area (Å²) in [5, 5.41) is 8.77. The molecule has 30 heavy (non-hydrogen) atoms. The van der Waals surface area contributed by atoms with E-state index in [2.05, 4.69) is 15.4 Å². The molecule has 0 saturated heterocycles. The molecule has 1 saturated carbocycles. The highest BCUT2D eigenvalue weighted by Gasteiger charge is 2.30. The fraction of sp³-hybridized carbons (Fsp3) is 0.238. The number of carbonyl (C=O) groups excluding carboxylic acids is 1. The van der Waals surface area contributed by atoms with Gasteiger partial charge >= 0.3 is 0 Å². The van der Waals surface area contributed by atoms with Crippen LogP contribution in [-0.4, -0.2) is 25.1 Å². The van der Waals surface area contributed by atoms with Crippen molar-refractivity contribution in [2.24, 2.45) is 0 Å². The van der Waals surface area contributed by atoms with Gasteiger partial charge in [-0.3, -0.25) is 9.59 Å². The second-order valence-electron chi connectivity index (χ2n) is 7.52. The van der Waals surface area contributed by atoms with Gasteiger partial charge in [0.2, 0.25) is 0 Å². The van der Waals surface area contributed by atoms with Gasteiger partial charge < -0.3 is 15.6 Å². The van der Waals surface area contributed by atoms with Gasteiger partial charge in [-0.2, -0.15) is 0 Å². The van der Waals surface area contributed by atoms with E-state index in [1.54, 1.807) is 29.1 Å². The van der Waals surface area contributed by atoms with Gasteiger partial charge in [0.25, 0.3) is 11.5 Å². The van der Waals surface area contributed by atoms with Crippen molar-refractivity contribution >= 4 is 39.7 Å². The number of nitrogens with two attached hydrogens (primary N) is 1. The largest absolute Gasteiger partial charge is 0.381 e. The summed E-state index contributed by atoms with van der Waals surface area (Å²) in [5.41, 5.74) is 7.16. The van der Waals surface area contributed by atoms with Crippen molar-refractivity contribution < 1.29 is 4.79 Å². The molecule has 0 unspecified atom stereocenters. The van der Waals surface area contributed by atoms with Crippen LogP contribution in [0.4, 0.5) is 5.82 Å². The summed E-state index contributed by atoms with van der Waals surface area (Å²) in [6.45, 7) is 1.84. The number of nitrogens with one attached hydrogen (secondary N) is 1. The van der Waals surface area contributed by atoms with Crippen LogP contribution in [0.2, 0.25) is 5.02 Å². The fourth-order valence-corrected chi connectivity index (χ4v) is 4.12. The average molecular weight is 423 g/mol. The minimum Gasteiger partial charge on any atom is -0.381 e. The number of pyridine rings is 1. The van der Waals surface area contributed by atoms with E-state index in [0.717, 1.165) is 23.9 Å². The summed E-state index contributed by atoms with van der Waals surface area (Å²) < 4.78 is 3.23. The number of nitrogens with zero attached hydrogens (tertiary/aromatic N) is 4. The molecule has 0 bridgehead atoms. The van der Waals surface area contributed by atoms with E-state index in [9.17, 15) is 9.59 Å². The SMILES string of the molecule is C[C@H](NC(=O)c1c(N)nn2cccnc12)c1cc2cccc(Cl)c2c(=O)n1C1CC1. The van der Waals surface area contributed by atoms with Crippen molar-refractivity contribution in [2.45, 2.75) is 31.8 Å². The van der Waals surface area contributed by atoms with Crippen molar-refractivity contribution in [3.63, 3.8) is 0 Å². The summed E-state index contributed by atoms with van der Waals surface area (Å²) in [6.07, 6.45) is 5.11. The Bertz CT molecular complexity index is 1370. The van der Waals surface area contributed by atoms with E-state index in [4.69, 9.17) is 17.3 Å². The van der Waals surface area contributed by atoms with Crippen LogP contribution in [0.5, 0.6) is 0 Å². The Morgan fingerprint density at radius 2 is 2.13 bits per heavy atom. The topological polar surface area (TPSA) is 107 Å². The number of fused-ring (bicyclic) bond motifs is 2. The standard InChI is InChI=1S/C21H19ClN6O2/c1-11(25-20(29)17-18(23)26-27-9-3-8-24-19(17)27)15-10-12-4-2-5-14(22)16(12)21(30)28(15)13-6-7-13/h2-5,8-11,13H,6-7H2,1H3,(H2,23,26)(H,25,29)/t11-/m0/s1. The monoisotopic (exact) mass is 422 g/mol. The maximum atomic E-state index is 13.2. The van der Waals surface area contributed by atoms with Crippen LogP contribution in [0.1, 0.15) is 47.9 Å². The first-order chi connectivity index (χ1) is 14.5. The quantitative estimate of drug-likeness (QED) is 0.525. The van der Waals surface area contributed by atoms with Crippen LogP contribution in [0, 0.1) is 0 Å². The predicted molar refractivity (Wildman–Crippen MR) is 115 cm³/mol. The maximum Gasteiger partial charge on any atom is 0.260 e. The van der Waals surface area contributed by atoms with Gasteiger partial charge in [-0.05, 0) is 43.4 Å². The Kier molecular flexibility index (Phi) is 4.25. The second-order valence-corrected chi connectivity index (χ2v) is 7.93. The smallest absolute Gasteiger partial charge is 0.260 e. The molecule has 3 aromatic heterocycles. The van der Waals surface area contributed by atoms with Crippen molar-refractivity contribution in [1.82, 2.24) is 24.5 Å². The van der Waals surface area contributed by atoms with Crippen molar-refractivity contribution in [1.29, 1.82) is 0 Å². The zero-order chi connectivity index (χ0) is 21.0. The number of hydrogen-bond donors (Lipinski definition) is 2. The number of anilines is 1. The Morgan fingerprint density at radius 1 is 1.33 bits per heavy atom. The highest BCUT2D eigenvalue weighted by molar-refractivity contribution is 6.35. The number of hydrogen-bond acceptors (Lipinski definition) is 5. The van der Waals surface area contributed by atoms with Crippen LogP contribution in [0.15, 0.2) is 47.5 Å². The lowest BCUT2D eigenvalue weighted by Gasteiger charge is -2.21. The Hall–Kier alpha value is -3.39. The Morgan fingerprint density at radius 3 is 2.90 bits per heavy atom. The zero-order valence-corrected chi connectivity index (χ0v) is 16.9. The number of aromatic nitrogens is 4. The minimum absolute atomic E-state index is 0.100. The van der Waals surface area contributed by atoms with Crippen molar-refractivity contribution in [3.05, 3.63) is 69.4 Å². The van der Waals surface area contributed by atoms with Crippen LogP contribution in [0.25, 0.3) is 16.4 Å². The molecule has 0 radical (unpaired) electrons.